The van der Waals surface area contributed by atoms with Gasteiger partial charge in [-0.3, -0.25) is 10.1 Å². The molecule has 0 bridgehead atoms. The van der Waals surface area contributed by atoms with Gasteiger partial charge in [-0.05, 0) is 17.5 Å². The molecule has 1 aromatic rings. The zero-order chi connectivity index (χ0) is 11.4. The van der Waals surface area contributed by atoms with Gasteiger partial charge in [-0.25, -0.2) is 4.98 Å². The van der Waals surface area contributed by atoms with E-state index in [2.05, 4.69) is 9.97 Å². The van der Waals surface area contributed by atoms with Crippen molar-refractivity contribution in [3.63, 3.8) is 0 Å². The normalized spacial score (nSPS) is 10.4. The molecule has 0 fully saturated rings. The van der Waals surface area contributed by atoms with Gasteiger partial charge in [0.1, 0.15) is 6.20 Å². The van der Waals surface area contributed by atoms with Crippen LogP contribution in [0.3, 0.4) is 0 Å². The van der Waals surface area contributed by atoms with Crippen molar-refractivity contribution in [1.29, 1.82) is 0 Å². The first-order chi connectivity index (χ1) is 7.00. The fraction of sp³-hybridized carbons (Fsp3) is 0.500. The van der Waals surface area contributed by atoms with Crippen LogP contribution < -0.4 is 4.74 Å². The van der Waals surface area contributed by atoms with Crippen molar-refractivity contribution in [2.45, 2.75) is 13.8 Å². The lowest BCUT2D eigenvalue weighted by molar-refractivity contribution is -0.386. The molecule has 15 heavy (non-hydrogen) atoms. The summed E-state index contributed by atoms with van der Waals surface area (Å²) in [5.41, 5.74) is -0.278. The van der Waals surface area contributed by atoms with Crippen molar-refractivity contribution in [2.75, 3.05) is 6.61 Å². The standard InChI is InChI=1S/C8H10ClN3O3/c1-5(2)4-15-7-6(12(13)14)3-10-8(9)11-7/h3,5H,4H2,1-2H3. The molecule has 0 saturated heterocycles. The Labute approximate surface area is 91.4 Å². The smallest absolute Gasteiger partial charge is 0.349 e. The third-order valence-corrected chi connectivity index (χ3v) is 1.64. The molecule has 1 aromatic heterocycles. The van der Waals surface area contributed by atoms with E-state index in [0.29, 0.717) is 6.61 Å². The lowest BCUT2D eigenvalue weighted by Gasteiger charge is -2.07. The summed E-state index contributed by atoms with van der Waals surface area (Å²) >= 11 is 5.51. The summed E-state index contributed by atoms with van der Waals surface area (Å²) < 4.78 is 5.16. The number of rotatable bonds is 4. The van der Waals surface area contributed by atoms with E-state index in [1.807, 2.05) is 13.8 Å². The van der Waals surface area contributed by atoms with Crippen molar-refractivity contribution >= 4 is 17.3 Å². The maximum Gasteiger partial charge on any atom is 0.349 e. The van der Waals surface area contributed by atoms with Gasteiger partial charge in [0.25, 0.3) is 5.88 Å². The van der Waals surface area contributed by atoms with Gasteiger partial charge in [-0.2, -0.15) is 4.98 Å². The minimum absolute atomic E-state index is 0.0700. The number of nitro groups is 1. The Morgan fingerprint density at radius 2 is 2.33 bits per heavy atom. The van der Waals surface area contributed by atoms with Crippen molar-refractivity contribution in [3.05, 3.63) is 21.6 Å². The second-order valence-corrected chi connectivity index (χ2v) is 3.63. The summed E-state index contributed by atoms with van der Waals surface area (Å²) in [6.07, 6.45) is 1.03. The molecular formula is C8H10ClN3O3. The number of ether oxygens (including phenoxy) is 1. The monoisotopic (exact) mass is 231 g/mol. The van der Waals surface area contributed by atoms with Crippen LogP contribution in [-0.2, 0) is 0 Å². The van der Waals surface area contributed by atoms with Gasteiger partial charge in [0.05, 0.1) is 11.5 Å². The second kappa shape index (κ2) is 4.88. The fourth-order valence-corrected chi connectivity index (χ4v) is 0.942. The summed E-state index contributed by atoms with van der Waals surface area (Å²) in [5.74, 6) is 0.159. The van der Waals surface area contributed by atoms with E-state index < -0.39 is 4.92 Å². The summed E-state index contributed by atoms with van der Waals surface area (Å²) in [6.45, 7) is 4.19. The molecule has 0 aliphatic heterocycles. The minimum Gasteiger partial charge on any atom is -0.472 e. The predicted molar refractivity (Wildman–Crippen MR) is 54.0 cm³/mol. The highest BCUT2D eigenvalue weighted by atomic mass is 35.5. The zero-order valence-corrected chi connectivity index (χ0v) is 9.06. The van der Waals surface area contributed by atoms with Gasteiger partial charge in [0.15, 0.2) is 0 Å². The van der Waals surface area contributed by atoms with Crippen LogP contribution >= 0.6 is 11.6 Å². The van der Waals surface area contributed by atoms with E-state index in [1.54, 1.807) is 0 Å². The highest BCUT2D eigenvalue weighted by Crippen LogP contribution is 2.24. The predicted octanol–water partition coefficient (Wildman–Crippen LogP) is 2.07. The van der Waals surface area contributed by atoms with Crippen LogP contribution in [0.15, 0.2) is 6.20 Å². The molecule has 0 aliphatic carbocycles. The number of hydrogen-bond donors (Lipinski definition) is 0. The molecule has 1 rings (SSSR count). The van der Waals surface area contributed by atoms with E-state index in [-0.39, 0.29) is 22.8 Å². The van der Waals surface area contributed by atoms with E-state index in [0.717, 1.165) is 6.20 Å². The quantitative estimate of drug-likeness (QED) is 0.450. The summed E-state index contributed by atoms with van der Waals surface area (Å²) in [7, 11) is 0. The first kappa shape index (κ1) is 11.6. The first-order valence-electron chi connectivity index (χ1n) is 4.30. The van der Waals surface area contributed by atoms with Gasteiger partial charge in [0, 0.05) is 0 Å². The van der Waals surface area contributed by atoms with Crippen LogP contribution in [0.5, 0.6) is 5.88 Å². The fourth-order valence-electron chi connectivity index (χ4n) is 0.817. The van der Waals surface area contributed by atoms with Crippen LogP contribution in [0.4, 0.5) is 5.69 Å². The lowest BCUT2D eigenvalue weighted by Crippen LogP contribution is -2.08. The lowest BCUT2D eigenvalue weighted by atomic mass is 10.2. The van der Waals surface area contributed by atoms with Crippen molar-refractivity contribution in [2.24, 2.45) is 5.92 Å². The highest BCUT2D eigenvalue weighted by Gasteiger charge is 2.18. The molecule has 0 N–H and O–H groups in total. The van der Waals surface area contributed by atoms with Crippen LogP contribution in [0.2, 0.25) is 5.28 Å². The zero-order valence-electron chi connectivity index (χ0n) is 8.31. The van der Waals surface area contributed by atoms with Crippen LogP contribution in [0.25, 0.3) is 0 Å². The first-order valence-corrected chi connectivity index (χ1v) is 4.68. The average Bonchev–Trinajstić information content (AvgIpc) is 2.14. The van der Waals surface area contributed by atoms with Crippen molar-refractivity contribution in [3.8, 4) is 5.88 Å². The molecule has 7 heteroatoms. The number of aromatic nitrogens is 2. The maximum atomic E-state index is 10.6. The number of halogens is 1. The molecule has 0 radical (unpaired) electrons. The summed E-state index contributed by atoms with van der Waals surface area (Å²) in [4.78, 5) is 17.2. The molecular weight excluding hydrogens is 222 g/mol. The summed E-state index contributed by atoms with van der Waals surface area (Å²) in [6, 6.07) is 0. The highest BCUT2D eigenvalue weighted by molar-refractivity contribution is 6.28. The molecule has 0 unspecified atom stereocenters. The Hall–Kier alpha value is -1.43. The van der Waals surface area contributed by atoms with Gasteiger partial charge in [-0.1, -0.05) is 13.8 Å². The molecule has 0 aliphatic rings. The van der Waals surface area contributed by atoms with Crippen LogP contribution in [0.1, 0.15) is 13.8 Å². The van der Waals surface area contributed by atoms with Gasteiger partial charge in [-0.15, -0.1) is 0 Å². The Morgan fingerprint density at radius 3 is 2.87 bits per heavy atom. The van der Waals surface area contributed by atoms with E-state index >= 15 is 0 Å². The van der Waals surface area contributed by atoms with E-state index in [4.69, 9.17) is 16.3 Å². The molecule has 1 heterocycles. The van der Waals surface area contributed by atoms with Crippen molar-refractivity contribution < 1.29 is 9.66 Å². The Balaban J connectivity index is 2.92. The van der Waals surface area contributed by atoms with E-state index in [1.165, 1.54) is 0 Å². The molecule has 6 nitrogen and oxygen atoms in total. The molecule has 0 spiro atoms. The third-order valence-electron chi connectivity index (χ3n) is 1.46. The third kappa shape index (κ3) is 3.32. The molecule has 82 valence electrons. The number of hydrogen-bond acceptors (Lipinski definition) is 5. The van der Waals surface area contributed by atoms with Gasteiger partial charge >= 0.3 is 5.69 Å². The second-order valence-electron chi connectivity index (χ2n) is 3.29. The summed E-state index contributed by atoms with van der Waals surface area (Å²) in [5, 5.41) is 10.5. The SMILES string of the molecule is CC(C)COc1nc(Cl)ncc1[N+](=O)[O-]. The Bertz CT molecular complexity index is 370. The number of nitrogens with zero attached hydrogens (tertiary/aromatic N) is 3. The molecule has 0 saturated carbocycles. The van der Waals surface area contributed by atoms with Crippen LogP contribution in [0, 0.1) is 16.0 Å². The average molecular weight is 232 g/mol. The molecule has 0 aromatic carbocycles. The van der Waals surface area contributed by atoms with Gasteiger partial charge < -0.3 is 4.74 Å². The van der Waals surface area contributed by atoms with Crippen LogP contribution in [-0.4, -0.2) is 21.5 Å². The van der Waals surface area contributed by atoms with Gasteiger partial charge in [0.2, 0.25) is 5.28 Å². The van der Waals surface area contributed by atoms with E-state index in [9.17, 15) is 10.1 Å². The maximum absolute atomic E-state index is 10.6. The largest absolute Gasteiger partial charge is 0.472 e. The molecule has 0 atom stereocenters. The topological polar surface area (TPSA) is 78.2 Å². The Morgan fingerprint density at radius 1 is 1.67 bits per heavy atom. The minimum atomic E-state index is -0.605. The van der Waals surface area contributed by atoms with Crippen molar-refractivity contribution in [1.82, 2.24) is 9.97 Å². The molecule has 0 amide bonds. The Kier molecular flexibility index (Phi) is 3.79.